The van der Waals surface area contributed by atoms with Crippen molar-refractivity contribution in [3.8, 4) is 6.07 Å². The quantitative estimate of drug-likeness (QED) is 0.472. The summed E-state index contributed by atoms with van der Waals surface area (Å²) < 4.78 is 25.2. The van der Waals surface area contributed by atoms with Crippen LogP contribution < -0.4 is 0 Å². The van der Waals surface area contributed by atoms with Gasteiger partial charge >= 0.3 is 5.82 Å². The average molecular weight is 262 g/mol. The molecule has 0 radical (unpaired) electrons. The third-order valence-electron chi connectivity index (χ3n) is 1.77. The highest BCUT2D eigenvalue weighted by atomic mass is 35.5. The van der Waals surface area contributed by atoms with Crippen molar-refractivity contribution in [3.63, 3.8) is 0 Å². The molecule has 17 heavy (non-hydrogen) atoms. The zero-order valence-corrected chi connectivity index (χ0v) is 8.61. The maximum Gasteiger partial charge on any atom is 0.365 e. The van der Waals surface area contributed by atoms with Gasteiger partial charge in [-0.25, -0.2) is 8.78 Å². The average Bonchev–Trinajstić information content (AvgIpc) is 2.26. The number of aromatic nitrogens is 1. The van der Waals surface area contributed by atoms with Gasteiger partial charge in [0, 0.05) is 6.07 Å². The lowest BCUT2D eigenvalue weighted by atomic mass is 10.1. The zero-order valence-electron chi connectivity index (χ0n) is 7.85. The van der Waals surface area contributed by atoms with E-state index in [9.17, 15) is 23.7 Å². The Labute approximate surface area is 97.6 Å². The molecule has 0 saturated heterocycles. The Morgan fingerprint density at radius 2 is 2.24 bits per heavy atom. The predicted molar refractivity (Wildman–Crippen MR) is 50.7 cm³/mol. The van der Waals surface area contributed by atoms with Crippen molar-refractivity contribution in [1.29, 1.82) is 5.26 Å². The van der Waals surface area contributed by atoms with Gasteiger partial charge in [0.1, 0.15) is 6.07 Å². The summed E-state index contributed by atoms with van der Waals surface area (Å²) in [6.45, 7) is 0. The second-order valence-corrected chi connectivity index (χ2v) is 3.08. The third-order valence-corrected chi connectivity index (χ3v) is 1.97. The van der Waals surface area contributed by atoms with Crippen LogP contribution in [-0.4, -0.2) is 15.1 Å². The predicted octanol–water partition coefficient (Wildman–Crippen LogP) is 2.18. The van der Waals surface area contributed by atoms with Gasteiger partial charge < -0.3 is 10.1 Å². The van der Waals surface area contributed by atoms with E-state index in [0.29, 0.717) is 6.07 Å². The van der Waals surface area contributed by atoms with Gasteiger partial charge in [-0.2, -0.15) is 5.26 Å². The van der Waals surface area contributed by atoms with E-state index in [1.165, 1.54) is 6.07 Å². The molecular formula is C8H2ClF2N3O3. The second kappa shape index (κ2) is 4.80. The smallest absolute Gasteiger partial charge is 0.358 e. The Kier molecular flexibility index (Phi) is 3.65. The molecule has 0 atom stereocenters. The molecule has 0 unspecified atom stereocenters. The van der Waals surface area contributed by atoms with E-state index in [-0.39, 0.29) is 0 Å². The normalized spacial score (nSPS) is 10.1. The number of carbonyl (C=O) groups is 1. The van der Waals surface area contributed by atoms with Crippen molar-refractivity contribution < 1.29 is 18.5 Å². The van der Waals surface area contributed by atoms with Crippen molar-refractivity contribution in [2.24, 2.45) is 0 Å². The van der Waals surface area contributed by atoms with Crippen molar-refractivity contribution >= 4 is 22.7 Å². The Hall–Kier alpha value is -2.14. The van der Waals surface area contributed by atoms with Gasteiger partial charge in [0.2, 0.25) is 0 Å². The highest BCUT2D eigenvalue weighted by molar-refractivity contribution is 6.68. The molecule has 9 heteroatoms. The minimum atomic E-state index is -3.18. The Bertz CT molecular complexity index is 542. The van der Waals surface area contributed by atoms with Crippen LogP contribution in [0.25, 0.3) is 0 Å². The van der Waals surface area contributed by atoms with E-state index in [0.717, 1.165) is 0 Å². The number of hydrogen-bond donors (Lipinski definition) is 0. The number of nitrogens with zero attached hydrogens (tertiary/aromatic N) is 3. The summed E-state index contributed by atoms with van der Waals surface area (Å²) in [6.07, 6.45) is -3.18. The molecule has 1 heterocycles. The van der Waals surface area contributed by atoms with Crippen LogP contribution in [0.4, 0.5) is 14.6 Å². The van der Waals surface area contributed by atoms with Gasteiger partial charge in [-0.15, -0.1) is 0 Å². The van der Waals surface area contributed by atoms with Crippen molar-refractivity contribution in [1.82, 2.24) is 4.98 Å². The van der Waals surface area contributed by atoms with Crippen LogP contribution >= 0.6 is 11.6 Å². The number of carbonyl (C=O) groups excluding carboxylic acids is 1. The molecule has 88 valence electrons. The molecule has 0 aliphatic carbocycles. The fourth-order valence-corrected chi connectivity index (χ4v) is 1.26. The number of hydrogen-bond acceptors (Lipinski definition) is 5. The molecule has 0 N–H and O–H groups in total. The highest BCUT2D eigenvalue weighted by Gasteiger charge is 2.29. The summed E-state index contributed by atoms with van der Waals surface area (Å²) >= 11 is 5.03. The first kappa shape index (κ1) is 12.9. The number of alkyl halides is 2. The molecule has 0 aliphatic rings. The van der Waals surface area contributed by atoms with Crippen LogP contribution in [-0.2, 0) is 0 Å². The summed E-state index contributed by atoms with van der Waals surface area (Å²) in [7, 11) is 0. The Balaban J connectivity index is 3.65. The lowest BCUT2D eigenvalue weighted by Gasteiger charge is -2.04. The minimum Gasteiger partial charge on any atom is -0.358 e. The first-order valence-electron chi connectivity index (χ1n) is 3.96. The van der Waals surface area contributed by atoms with E-state index in [1.54, 1.807) is 0 Å². The second-order valence-electron chi connectivity index (χ2n) is 2.73. The monoisotopic (exact) mass is 261 g/mol. The first-order chi connectivity index (χ1) is 7.88. The number of nitro groups is 1. The number of pyridine rings is 1. The van der Waals surface area contributed by atoms with Crippen molar-refractivity contribution in [2.75, 3.05) is 0 Å². The van der Waals surface area contributed by atoms with Crippen LogP contribution in [0, 0.1) is 21.4 Å². The topological polar surface area (TPSA) is 96.9 Å². The molecule has 1 aromatic heterocycles. The fraction of sp³-hybridized carbons (Fsp3) is 0.125. The summed E-state index contributed by atoms with van der Waals surface area (Å²) in [5.74, 6) is -0.894. The summed E-state index contributed by atoms with van der Waals surface area (Å²) in [4.78, 5) is 23.4. The van der Waals surface area contributed by atoms with Crippen LogP contribution in [0.1, 0.15) is 28.0 Å². The number of halogens is 3. The molecule has 6 nitrogen and oxygen atoms in total. The molecule has 0 spiro atoms. The van der Waals surface area contributed by atoms with Crippen LogP contribution in [0.3, 0.4) is 0 Å². The maximum absolute atomic E-state index is 12.6. The fourth-order valence-electron chi connectivity index (χ4n) is 1.10. The van der Waals surface area contributed by atoms with Gasteiger partial charge in [0.05, 0.1) is 11.1 Å². The summed E-state index contributed by atoms with van der Waals surface area (Å²) in [6, 6.07) is 1.77. The lowest BCUT2D eigenvalue weighted by Crippen LogP contribution is -2.06. The SMILES string of the molecule is N#Cc1nc([N+](=O)[O-])cc(C(=O)Cl)c1C(F)F. The summed E-state index contributed by atoms with van der Waals surface area (Å²) in [5, 5.41) is 17.7. The van der Waals surface area contributed by atoms with Crippen molar-refractivity contribution in [3.05, 3.63) is 33.0 Å². The molecule has 0 aliphatic heterocycles. The largest absolute Gasteiger partial charge is 0.365 e. The standard InChI is InChI=1S/C8H2ClF2N3O3/c9-7(15)3-1-5(14(16)17)13-4(2-12)6(3)8(10)11/h1,8H. The maximum atomic E-state index is 12.6. The zero-order chi connectivity index (χ0) is 13.2. The van der Waals surface area contributed by atoms with Crippen LogP contribution in [0.2, 0.25) is 0 Å². The highest BCUT2D eigenvalue weighted by Crippen LogP contribution is 2.29. The van der Waals surface area contributed by atoms with E-state index in [1.807, 2.05) is 0 Å². The molecule has 0 bridgehead atoms. The van der Waals surface area contributed by atoms with Gasteiger partial charge in [-0.1, -0.05) is 0 Å². The molecule has 1 rings (SSSR count). The van der Waals surface area contributed by atoms with Gasteiger partial charge in [-0.3, -0.25) is 4.79 Å². The van der Waals surface area contributed by atoms with E-state index in [2.05, 4.69) is 4.98 Å². The molecule has 0 aromatic carbocycles. The number of nitriles is 1. The van der Waals surface area contributed by atoms with Crippen LogP contribution in [0.15, 0.2) is 6.07 Å². The van der Waals surface area contributed by atoms with Crippen LogP contribution in [0.5, 0.6) is 0 Å². The molecule has 1 aromatic rings. The number of rotatable bonds is 3. The van der Waals surface area contributed by atoms with Gasteiger partial charge in [0.25, 0.3) is 17.4 Å². The summed E-state index contributed by atoms with van der Waals surface area (Å²) in [5.41, 5.74) is -2.68. The minimum absolute atomic E-state index is 0.512. The molecule has 0 fully saturated rings. The van der Waals surface area contributed by atoms with Gasteiger partial charge in [-0.05, 0) is 21.5 Å². The van der Waals surface area contributed by atoms with E-state index >= 15 is 0 Å². The third kappa shape index (κ3) is 2.51. The molecular weight excluding hydrogens is 260 g/mol. The van der Waals surface area contributed by atoms with E-state index < -0.39 is 39.2 Å². The Morgan fingerprint density at radius 3 is 2.59 bits per heavy atom. The Morgan fingerprint density at radius 1 is 1.65 bits per heavy atom. The molecule has 0 saturated carbocycles. The molecule has 0 amide bonds. The lowest BCUT2D eigenvalue weighted by molar-refractivity contribution is -0.389. The van der Waals surface area contributed by atoms with E-state index in [4.69, 9.17) is 16.9 Å². The van der Waals surface area contributed by atoms with Gasteiger partial charge in [0.15, 0.2) is 0 Å². The van der Waals surface area contributed by atoms with Crippen molar-refractivity contribution in [2.45, 2.75) is 6.43 Å². The first-order valence-corrected chi connectivity index (χ1v) is 4.33.